The Hall–Kier alpha value is -3.14. The highest BCUT2D eigenvalue weighted by Crippen LogP contribution is 2.29. The fraction of sp³-hybridized carbons (Fsp3) is 0.100. The van der Waals surface area contributed by atoms with E-state index in [0.29, 0.717) is 12.4 Å². The third-order valence-corrected chi connectivity index (χ3v) is 3.84. The summed E-state index contributed by atoms with van der Waals surface area (Å²) in [5, 5.41) is 6.40. The topological polar surface area (TPSA) is 46.4 Å². The predicted octanol–water partition coefficient (Wildman–Crippen LogP) is 4.11. The minimum Gasteiger partial charge on any atom is -0.488 e. The zero-order valence-electron chi connectivity index (χ0n) is 13.5. The highest BCUT2D eigenvalue weighted by molar-refractivity contribution is 5.77. The van der Waals surface area contributed by atoms with Gasteiger partial charge in [-0.3, -0.25) is 0 Å². The molecule has 4 heteroatoms. The average molecular weight is 320 g/mol. The largest absolute Gasteiger partial charge is 0.488 e. The third kappa shape index (κ3) is 2.99. The van der Waals surface area contributed by atoms with Crippen LogP contribution in [-0.4, -0.2) is 13.3 Å². The lowest BCUT2D eigenvalue weighted by Gasteiger charge is -2.13. The minimum atomic E-state index is 0.356. The van der Waals surface area contributed by atoms with E-state index in [9.17, 15) is 0 Å². The minimum absolute atomic E-state index is 0.356. The fourth-order valence-corrected chi connectivity index (χ4v) is 2.61. The summed E-state index contributed by atoms with van der Waals surface area (Å²) in [5.41, 5.74) is 4.62. The molecule has 3 rings (SSSR count). The maximum atomic E-state index is 6.00. The first-order valence-electron chi connectivity index (χ1n) is 7.68. The van der Waals surface area contributed by atoms with Crippen LogP contribution in [0.4, 0.5) is 0 Å². The first kappa shape index (κ1) is 15.7. The molecule has 0 unspecified atom stereocenters. The second-order valence-electron chi connectivity index (χ2n) is 5.34. The normalized spacial score (nSPS) is 12.8. The molecular formula is C20H20N2O2. The quantitative estimate of drug-likeness (QED) is 0.806. The SMILES string of the molecule is C=Cc1occ(C(=C)COc2ccccc2C2=CNCN2)c1C=C. The molecule has 0 radical (unpaired) electrons. The number of para-hydroxylation sites is 1. The summed E-state index contributed by atoms with van der Waals surface area (Å²) in [5.74, 6) is 1.49. The number of hydrogen-bond acceptors (Lipinski definition) is 4. The molecule has 4 nitrogen and oxygen atoms in total. The Kier molecular flexibility index (Phi) is 4.57. The first-order valence-corrected chi connectivity index (χ1v) is 7.68. The molecule has 1 aromatic heterocycles. The maximum Gasteiger partial charge on any atom is 0.133 e. The van der Waals surface area contributed by atoms with Crippen molar-refractivity contribution in [1.29, 1.82) is 0 Å². The molecule has 0 atom stereocenters. The molecule has 0 saturated carbocycles. The summed E-state index contributed by atoms with van der Waals surface area (Å²) >= 11 is 0. The van der Waals surface area contributed by atoms with Gasteiger partial charge in [0.25, 0.3) is 0 Å². The zero-order chi connectivity index (χ0) is 16.9. The van der Waals surface area contributed by atoms with Gasteiger partial charge in [-0.05, 0) is 23.8 Å². The van der Waals surface area contributed by atoms with Crippen molar-refractivity contribution >= 4 is 23.4 Å². The molecule has 1 aliphatic heterocycles. The van der Waals surface area contributed by atoms with Gasteiger partial charge in [0.2, 0.25) is 0 Å². The van der Waals surface area contributed by atoms with Crippen molar-refractivity contribution in [1.82, 2.24) is 10.6 Å². The molecule has 2 aromatic rings. The van der Waals surface area contributed by atoms with E-state index in [2.05, 4.69) is 30.4 Å². The number of ether oxygens (including phenoxy) is 1. The maximum absolute atomic E-state index is 6.00. The molecule has 24 heavy (non-hydrogen) atoms. The highest BCUT2D eigenvalue weighted by Gasteiger charge is 2.14. The number of benzene rings is 1. The van der Waals surface area contributed by atoms with Gasteiger partial charge in [-0.15, -0.1) is 0 Å². The molecule has 0 amide bonds. The summed E-state index contributed by atoms with van der Waals surface area (Å²) in [7, 11) is 0. The Morgan fingerprint density at radius 1 is 1.25 bits per heavy atom. The summed E-state index contributed by atoms with van der Waals surface area (Å²) in [6.07, 6.45) is 7.01. The lowest BCUT2D eigenvalue weighted by molar-refractivity contribution is 0.368. The first-order chi connectivity index (χ1) is 11.7. The van der Waals surface area contributed by atoms with Gasteiger partial charge in [0.1, 0.15) is 18.1 Å². The van der Waals surface area contributed by atoms with Crippen LogP contribution in [0.2, 0.25) is 0 Å². The Morgan fingerprint density at radius 3 is 2.79 bits per heavy atom. The number of nitrogens with one attached hydrogen (secondary N) is 2. The summed E-state index contributed by atoms with van der Waals surface area (Å²) in [4.78, 5) is 0. The lowest BCUT2D eigenvalue weighted by Crippen LogP contribution is -2.14. The van der Waals surface area contributed by atoms with Crippen LogP contribution in [0.25, 0.3) is 23.4 Å². The number of rotatable bonds is 7. The third-order valence-electron chi connectivity index (χ3n) is 3.84. The average Bonchev–Trinajstić information content (AvgIpc) is 3.28. The van der Waals surface area contributed by atoms with Crippen LogP contribution in [-0.2, 0) is 0 Å². The number of furan rings is 1. The monoisotopic (exact) mass is 320 g/mol. The molecule has 2 N–H and O–H groups in total. The summed E-state index contributed by atoms with van der Waals surface area (Å²) in [6.45, 7) is 12.8. The summed E-state index contributed by atoms with van der Waals surface area (Å²) < 4.78 is 11.5. The van der Waals surface area contributed by atoms with Gasteiger partial charge < -0.3 is 19.8 Å². The molecular weight excluding hydrogens is 300 g/mol. The van der Waals surface area contributed by atoms with E-state index >= 15 is 0 Å². The van der Waals surface area contributed by atoms with E-state index < -0.39 is 0 Å². The molecule has 1 aliphatic rings. The molecule has 1 aromatic carbocycles. The molecule has 0 saturated heterocycles. The van der Waals surface area contributed by atoms with Gasteiger partial charge in [0.05, 0.1) is 18.6 Å². The molecule has 0 fully saturated rings. The van der Waals surface area contributed by atoms with Gasteiger partial charge >= 0.3 is 0 Å². The van der Waals surface area contributed by atoms with Gasteiger partial charge in [0.15, 0.2) is 0 Å². The van der Waals surface area contributed by atoms with Gasteiger partial charge in [-0.1, -0.05) is 37.9 Å². The molecule has 0 bridgehead atoms. The van der Waals surface area contributed by atoms with Crippen molar-refractivity contribution in [3.63, 3.8) is 0 Å². The highest BCUT2D eigenvalue weighted by atomic mass is 16.5. The predicted molar refractivity (Wildman–Crippen MR) is 99.0 cm³/mol. The van der Waals surface area contributed by atoms with Crippen LogP contribution < -0.4 is 15.4 Å². The Labute approximate surface area is 141 Å². The van der Waals surface area contributed by atoms with Crippen molar-refractivity contribution in [2.75, 3.05) is 13.3 Å². The second-order valence-corrected chi connectivity index (χ2v) is 5.34. The van der Waals surface area contributed by atoms with Gasteiger partial charge in [-0.25, -0.2) is 0 Å². The molecule has 2 heterocycles. The molecule has 0 aliphatic carbocycles. The lowest BCUT2D eigenvalue weighted by atomic mass is 10.0. The van der Waals surface area contributed by atoms with Crippen molar-refractivity contribution in [3.8, 4) is 5.75 Å². The van der Waals surface area contributed by atoms with Crippen LogP contribution in [0.1, 0.15) is 22.5 Å². The van der Waals surface area contributed by atoms with Crippen molar-refractivity contribution in [2.45, 2.75) is 0 Å². The van der Waals surface area contributed by atoms with Gasteiger partial charge in [-0.2, -0.15) is 0 Å². The standard InChI is InChI=1S/C20H20N2O2/c1-4-15-17(12-24-19(15)5-2)14(3)11-23-20-9-7-6-8-16(20)18-10-21-13-22-18/h4-10,12,21-22H,1-3,11,13H2. The van der Waals surface area contributed by atoms with Crippen LogP contribution in [0.5, 0.6) is 5.75 Å². The van der Waals surface area contributed by atoms with Crippen molar-refractivity contribution in [3.05, 3.63) is 78.9 Å². The van der Waals surface area contributed by atoms with Crippen LogP contribution in [0, 0.1) is 0 Å². The van der Waals surface area contributed by atoms with E-state index in [1.807, 2.05) is 30.5 Å². The zero-order valence-corrected chi connectivity index (χ0v) is 13.5. The van der Waals surface area contributed by atoms with Crippen LogP contribution >= 0.6 is 0 Å². The van der Waals surface area contributed by atoms with Crippen molar-refractivity contribution in [2.24, 2.45) is 0 Å². The fourth-order valence-electron chi connectivity index (χ4n) is 2.61. The Balaban J connectivity index is 1.77. The second kappa shape index (κ2) is 6.96. The van der Waals surface area contributed by atoms with Crippen molar-refractivity contribution < 1.29 is 9.15 Å². The smallest absolute Gasteiger partial charge is 0.133 e. The van der Waals surface area contributed by atoms with E-state index in [1.54, 1.807) is 18.4 Å². The van der Waals surface area contributed by atoms with E-state index in [1.165, 1.54) is 0 Å². The molecule has 0 spiro atoms. The Morgan fingerprint density at radius 2 is 2.08 bits per heavy atom. The molecule has 122 valence electrons. The van der Waals surface area contributed by atoms with E-state index in [-0.39, 0.29) is 0 Å². The van der Waals surface area contributed by atoms with Crippen LogP contribution in [0.3, 0.4) is 0 Å². The van der Waals surface area contributed by atoms with E-state index in [4.69, 9.17) is 9.15 Å². The number of hydrogen-bond donors (Lipinski definition) is 2. The van der Waals surface area contributed by atoms with Crippen LogP contribution in [0.15, 0.2) is 60.9 Å². The Bertz CT molecular complexity index is 815. The van der Waals surface area contributed by atoms with Gasteiger partial charge in [0, 0.05) is 22.9 Å². The summed E-state index contributed by atoms with van der Waals surface area (Å²) in [6, 6.07) is 7.91. The van der Waals surface area contributed by atoms with E-state index in [0.717, 1.165) is 40.4 Å².